The average molecular weight is 458 g/mol. The number of nitrogens with zero attached hydrogens (tertiary/aromatic N) is 3. The van der Waals surface area contributed by atoms with Crippen molar-refractivity contribution in [3.63, 3.8) is 0 Å². The van der Waals surface area contributed by atoms with Gasteiger partial charge >= 0.3 is 0 Å². The highest BCUT2D eigenvalue weighted by Gasteiger charge is 2.61. The van der Waals surface area contributed by atoms with Crippen LogP contribution in [0.4, 0.5) is 11.4 Å². The third-order valence-electron chi connectivity index (χ3n) is 5.23. The number of aliphatic imine (C=N–C) groups is 1. The maximum Gasteiger partial charge on any atom is 0.280 e. The Morgan fingerprint density at radius 2 is 1.58 bits per heavy atom. The predicted molar refractivity (Wildman–Crippen MR) is 129 cm³/mol. The van der Waals surface area contributed by atoms with E-state index in [-0.39, 0.29) is 0 Å². The molecule has 2 amide bonds. The van der Waals surface area contributed by atoms with Crippen molar-refractivity contribution in [1.29, 1.82) is 0 Å². The van der Waals surface area contributed by atoms with E-state index in [1.165, 1.54) is 5.01 Å². The maximum absolute atomic E-state index is 13.8. The van der Waals surface area contributed by atoms with Crippen LogP contribution in [0.25, 0.3) is 0 Å². The van der Waals surface area contributed by atoms with Crippen LogP contribution in [-0.4, -0.2) is 34.6 Å². The van der Waals surface area contributed by atoms with Crippen molar-refractivity contribution in [2.45, 2.75) is 4.75 Å². The molecule has 3 aromatic carbocycles. The number of amidine groups is 1. The number of methoxy groups -OCH3 is 1. The Bertz CT molecular complexity index is 1260. The quantitative estimate of drug-likeness (QED) is 0.587. The predicted octanol–water partition coefficient (Wildman–Crippen LogP) is 3.24. The second kappa shape index (κ2) is 8.44. The highest BCUT2D eigenvalue weighted by Crippen LogP contribution is 2.41. The zero-order valence-corrected chi connectivity index (χ0v) is 18.4. The molecule has 9 heteroatoms. The molecule has 2 heterocycles. The number of hydrogen-bond acceptors (Lipinski definition) is 6. The standard InChI is InChI=1S/C24H19N5O3S/c1-32-19-14-12-17(13-15-19)25-23-27-26-21(30)24(33-23)20(16-8-4-2-5-9-16)28-29(22(24)31)18-10-6-3-7-11-18/h2-15H,1H3,(H,25,27)(H,26,30). The van der Waals surface area contributed by atoms with E-state index in [0.29, 0.717) is 33.6 Å². The number of thioether (sulfide) groups is 1. The number of anilines is 1. The van der Waals surface area contributed by atoms with Crippen molar-refractivity contribution < 1.29 is 14.3 Å². The van der Waals surface area contributed by atoms with Crippen LogP contribution < -0.4 is 20.6 Å². The van der Waals surface area contributed by atoms with Gasteiger partial charge in [0.1, 0.15) is 11.5 Å². The highest BCUT2D eigenvalue weighted by molar-refractivity contribution is 8.17. The Kier molecular flexibility index (Phi) is 5.31. The van der Waals surface area contributed by atoms with Crippen LogP contribution in [-0.2, 0) is 9.59 Å². The van der Waals surface area contributed by atoms with Crippen molar-refractivity contribution in [3.05, 3.63) is 90.5 Å². The molecule has 0 radical (unpaired) electrons. The molecule has 164 valence electrons. The molecule has 1 fully saturated rings. The lowest BCUT2D eigenvalue weighted by molar-refractivity contribution is -0.129. The Labute approximate surface area is 194 Å². The van der Waals surface area contributed by atoms with E-state index in [1.54, 1.807) is 43.5 Å². The molecule has 5 rings (SSSR count). The molecule has 2 N–H and O–H groups in total. The Morgan fingerprint density at radius 1 is 0.909 bits per heavy atom. The first-order valence-corrected chi connectivity index (χ1v) is 11.0. The molecule has 2 aliphatic heterocycles. The summed E-state index contributed by atoms with van der Waals surface area (Å²) in [4.78, 5) is 31.6. The van der Waals surface area contributed by atoms with Gasteiger partial charge in [-0.1, -0.05) is 60.3 Å². The number of hydrazone groups is 1. The van der Waals surface area contributed by atoms with E-state index in [2.05, 4.69) is 20.9 Å². The molecule has 1 unspecified atom stereocenters. The first-order chi connectivity index (χ1) is 16.1. The topological polar surface area (TPSA) is 95.4 Å². The Morgan fingerprint density at radius 3 is 2.24 bits per heavy atom. The van der Waals surface area contributed by atoms with Crippen molar-refractivity contribution in [3.8, 4) is 5.75 Å². The molecule has 0 aromatic heterocycles. The fourth-order valence-electron chi connectivity index (χ4n) is 3.60. The highest BCUT2D eigenvalue weighted by atomic mass is 32.2. The number of amides is 2. The molecule has 1 saturated heterocycles. The van der Waals surface area contributed by atoms with E-state index in [9.17, 15) is 9.59 Å². The molecule has 3 aromatic rings. The number of ether oxygens (including phenoxy) is 1. The summed E-state index contributed by atoms with van der Waals surface area (Å²) in [5.74, 6) is -0.262. The van der Waals surface area contributed by atoms with E-state index in [1.807, 2.05) is 48.5 Å². The summed E-state index contributed by atoms with van der Waals surface area (Å²) in [7, 11) is 1.59. The lowest BCUT2D eigenvalue weighted by atomic mass is 9.95. The largest absolute Gasteiger partial charge is 0.497 e. The van der Waals surface area contributed by atoms with Crippen LogP contribution in [0, 0.1) is 0 Å². The molecule has 2 aliphatic rings. The first-order valence-electron chi connectivity index (χ1n) is 10.1. The number of rotatable bonds is 4. The molecular formula is C24H19N5O3S. The minimum absolute atomic E-state index is 0.350. The van der Waals surface area contributed by atoms with Gasteiger partial charge < -0.3 is 4.74 Å². The number of para-hydroxylation sites is 1. The molecule has 0 bridgehead atoms. The SMILES string of the molecule is COc1ccc(N=C2NNC(=O)C3(S2)C(=O)N(c2ccccc2)N=C3c2ccccc2)cc1. The van der Waals surface area contributed by atoms with Crippen LogP contribution in [0.5, 0.6) is 5.75 Å². The number of carbonyl (C=O) groups excluding carboxylic acids is 2. The van der Waals surface area contributed by atoms with Gasteiger partial charge in [-0.25, -0.2) is 4.99 Å². The van der Waals surface area contributed by atoms with E-state index < -0.39 is 16.6 Å². The number of hydrogen-bond donors (Lipinski definition) is 2. The fraction of sp³-hybridized carbons (Fsp3) is 0.0833. The summed E-state index contributed by atoms with van der Waals surface area (Å²) in [5.41, 5.74) is 7.66. The second-order valence-corrected chi connectivity index (χ2v) is 8.45. The maximum atomic E-state index is 13.8. The summed E-state index contributed by atoms with van der Waals surface area (Å²) >= 11 is 1.04. The smallest absolute Gasteiger partial charge is 0.280 e. The summed E-state index contributed by atoms with van der Waals surface area (Å²) in [6, 6.07) is 25.4. The summed E-state index contributed by atoms with van der Waals surface area (Å²) in [6.45, 7) is 0. The zero-order valence-electron chi connectivity index (χ0n) is 17.6. The number of benzene rings is 3. The summed E-state index contributed by atoms with van der Waals surface area (Å²) in [5, 5.41) is 6.27. The minimum Gasteiger partial charge on any atom is -0.497 e. The van der Waals surface area contributed by atoms with Gasteiger partial charge in [0.05, 0.1) is 18.5 Å². The van der Waals surface area contributed by atoms with Crippen LogP contribution in [0.3, 0.4) is 0 Å². The number of nitrogens with one attached hydrogen (secondary N) is 2. The van der Waals surface area contributed by atoms with Gasteiger partial charge in [-0.15, -0.1) is 0 Å². The third kappa shape index (κ3) is 3.62. The van der Waals surface area contributed by atoms with Crippen molar-refractivity contribution in [2.24, 2.45) is 10.1 Å². The molecule has 1 atom stereocenters. The van der Waals surface area contributed by atoms with Crippen LogP contribution in [0.2, 0.25) is 0 Å². The van der Waals surface area contributed by atoms with Gasteiger partial charge in [0.2, 0.25) is 4.75 Å². The Hall–Kier alpha value is -4.11. The summed E-state index contributed by atoms with van der Waals surface area (Å²) in [6.07, 6.45) is 0. The van der Waals surface area contributed by atoms with Gasteiger partial charge in [0.15, 0.2) is 5.17 Å². The van der Waals surface area contributed by atoms with Crippen LogP contribution >= 0.6 is 11.8 Å². The molecular weight excluding hydrogens is 438 g/mol. The second-order valence-electron chi connectivity index (χ2n) is 7.24. The van der Waals surface area contributed by atoms with Gasteiger partial charge in [0, 0.05) is 5.56 Å². The lowest BCUT2D eigenvalue weighted by Gasteiger charge is -2.32. The van der Waals surface area contributed by atoms with E-state index in [4.69, 9.17) is 4.74 Å². The first kappa shape index (κ1) is 20.8. The average Bonchev–Trinajstić information content (AvgIpc) is 3.15. The van der Waals surface area contributed by atoms with Crippen LogP contribution in [0.15, 0.2) is 95.0 Å². The number of hydrazine groups is 1. The monoisotopic (exact) mass is 457 g/mol. The minimum atomic E-state index is -1.63. The number of carbonyl (C=O) groups is 2. The third-order valence-corrected chi connectivity index (χ3v) is 6.48. The van der Waals surface area contributed by atoms with Gasteiger partial charge in [-0.05, 0) is 36.4 Å². The van der Waals surface area contributed by atoms with E-state index >= 15 is 0 Å². The van der Waals surface area contributed by atoms with Gasteiger partial charge in [-0.2, -0.15) is 10.1 Å². The van der Waals surface area contributed by atoms with E-state index in [0.717, 1.165) is 11.8 Å². The molecule has 1 spiro atoms. The normalized spacial score (nSPS) is 21.1. The van der Waals surface area contributed by atoms with Crippen LogP contribution in [0.1, 0.15) is 5.56 Å². The van der Waals surface area contributed by atoms with Crippen molar-refractivity contribution in [1.82, 2.24) is 10.9 Å². The molecule has 33 heavy (non-hydrogen) atoms. The zero-order chi connectivity index (χ0) is 22.8. The van der Waals surface area contributed by atoms with Crippen molar-refractivity contribution >= 4 is 45.8 Å². The molecule has 8 nitrogen and oxygen atoms in total. The molecule has 0 saturated carbocycles. The lowest BCUT2D eigenvalue weighted by Crippen LogP contribution is -2.64. The van der Waals surface area contributed by atoms with Gasteiger partial charge in [-0.3, -0.25) is 20.4 Å². The summed E-state index contributed by atoms with van der Waals surface area (Å²) < 4.78 is 3.56. The fourth-order valence-corrected chi connectivity index (χ4v) is 4.72. The van der Waals surface area contributed by atoms with Gasteiger partial charge in [0.25, 0.3) is 11.8 Å². The molecule has 0 aliphatic carbocycles. The Balaban J connectivity index is 1.59. The van der Waals surface area contributed by atoms with Crippen molar-refractivity contribution in [2.75, 3.05) is 12.1 Å².